The summed E-state index contributed by atoms with van der Waals surface area (Å²) in [5, 5.41) is 7.52. The molecule has 0 aliphatic carbocycles. The van der Waals surface area contributed by atoms with E-state index < -0.39 is 0 Å². The minimum Gasteiger partial charge on any atom is -0.337 e. The second-order valence-corrected chi connectivity index (χ2v) is 5.18. The molecule has 0 saturated carbocycles. The zero-order chi connectivity index (χ0) is 13.2. The topological polar surface area (TPSA) is 63.8 Å². The first-order chi connectivity index (χ1) is 9.25. The molecular weight excluding hydrogens is 240 g/mol. The third-order valence-corrected chi connectivity index (χ3v) is 3.70. The van der Waals surface area contributed by atoms with E-state index in [-0.39, 0.29) is 6.04 Å². The van der Waals surface area contributed by atoms with Gasteiger partial charge in [0.1, 0.15) is 5.69 Å². The third-order valence-electron chi connectivity index (χ3n) is 3.70. The Bertz CT molecular complexity index is 566. The van der Waals surface area contributed by atoms with Crippen LogP contribution in [-0.2, 0) is 0 Å². The van der Waals surface area contributed by atoms with Crippen LogP contribution in [0.4, 0.5) is 0 Å². The maximum Gasteiger partial charge on any atom is 0.244 e. The van der Waals surface area contributed by atoms with Crippen molar-refractivity contribution in [1.82, 2.24) is 20.4 Å². The van der Waals surface area contributed by atoms with Gasteiger partial charge >= 0.3 is 0 Å². The Morgan fingerprint density at radius 3 is 3.11 bits per heavy atom. The highest BCUT2D eigenvalue weighted by Crippen LogP contribution is 2.29. The van der Waals surface area contributed by atoms with Gasteiger partial charge in [0.2, 0.25) is 11.7 Å². The van der Waals surface area contributed by atoms with Gasteiger partial charge in [0.05, 0.1) is 6.04 Å². The van der Waals surface area contributed by atoms with Gasteiger partial charge in [-0.15, -0.1) is 0 Å². The van der Waals surface area contributed by atoms with E-state index >= 15 is 0 Å². The fourth-order valence-electron chi connectivity index (χ4n) is 2.56. The van der Waals surface area contributed by atoms with Crippen molar-refractivity contribution in [3.8, 4) is 11.5 Å². The number of aryl methyl sites for hydroxylation is 1. The van der Waals surface area contributed by atoms with Crippen molar-refractivity contribution >= 4 is 0 Å². The number of piperidine rings is 1. The molecule has 2 unspecified atom stereocenters. The van der Waals surface area contributed by atoms with E-state index in [1.165, 1.54) is 12.8 Å². The zero-order valence-electron chi connectivity index (χ0n) is 11.3. The Hall–Kier alpha value is -1.75. The number of hydrogen-bond donors (Lipinski definition) is 1. The second-order valence-electron chi connectivity index (χ2n) is 5.18. The Morgan fingerprint density at radius 1 is 1.42 bits per heavy atom. The Labute approximate surface area is 112 Å². The molecule has 5 heteroatoms. The van der Waals surface area contributed by atoms with Crippen molar-refractivity contribution in [2.75, 3.05) is 6.54 Å². The molecule has 0 radical (unpaired) electrons. The van der Waals surface area contributed by atoms with Gasteiger partial charge in [-0.25, -0.2) is 0 Å². The van der Waals surface area contributed by atoms with E-state index in [2.05, 4.69) is 27.4 Å². The SMILES string of the molecule is Cc1cccnc1-c1noc(C2NCCCC2C)n1. The van der Waals surface area contributed by atoms with Crippen LogP contribution in [-0.4, -0.2) is 21.7 Å². The molecule has 3 heterocycles. The maximum absolute atomic E-state index is 5.42. The summed E-state index contributed by atoms with van der Waals surface area (Å²) in [7, 11) is 0. The summed E-state index contributed by atoms with van der Waals surface area (Å²) in [6, 6.07) is 4.07. The summed E-state index contributed by atoms with van der Waals surface area (Å²) >= 11 is 0. The molecule has 3 rings (SSSR count). The Balaban J connectivity index is 1.89. The van der Waals surface area contributed by atoms with Gasteiger partial charge < -0.3 is 9.84 Å². The molecule has 2 aromatic heterocycles. The summed E-state index contributed by atoms with van der Waals surface area (Å²) in [5.41, 5.74) is 1.85. The molecule has 0 spiro atoms. The van der Waals surface area contributed by atoms with Crippen LogP contribution < -0.4 is 5.32 Å². The minimum atomic E-state index is 0.166. The smallest absolute Gasteiger partial charge is 0.244 e. The summed E-state index contributed by atoms with van der Waals surface area (Å²) < 4.78 is 5.42. The molecule has 0 bridgehead atoms. The summed E-state index contributed by atoms with van der Waals surface area (Å²) in [6.07, 6.45) is 4.15. The standard InChI is InChI=1S/C14H18N4O/c1-9-5-3-7-15-11(9)13-17-14(19-18-13)12-10(2)6-4-8-16-12/h3,5,7,10,12,16H,4,6,8H2,1-2H3. The van der Waals surface area contributed by atoms with Crippen molar-refractivity contribution in [2.24, 2.45) is 5.92 Å². The number of nitrogens with zero attached hydrogens (tertiary/aromatic N) is 3. The van der Waals surface area contributed by atoms with Gasteiger partial charge in [-0.3, -0.25) is 4.98 Å². The first-order valence-electron chi connectivity index (χ1n) is 6.74. The lowest BCUT2D eigenvalue weighted by Gasteiger charge is -2.26. The maximum atomic E-state index is 5.42. The van der Waals surface area contributed by atoms with Crippen molar-refractivity contribution in [3.63, 3.8) is 0 Å². The lowest BCUT2D eigenvalue weighted by Crippen LogP contribution is -2.33. The molecular formula is C14H18N4O. The van der Waals surface area contributed by atoms with Gasteiger partial charge in [0.15, 0.2) is 0 Å². The van der Waals surface area contributed by atoms with Crippen molar-refractivity contribution < 1.29 is 4.52 Å². The number of aromatic nitrogens is 3. The largest absolute Gasteiger partial charge is 0.337 e. The molecule has 0 aromatic carbocycles. The molecule has 19 heavy (non-hydrogen) atoms. The fraction of sp³-hybridized carbons (Fsp3) is 0.500. The van der Waals surface area contributed by atoms with E-state index in [0.717, 1.165) is 17.8 Å². The lowest BCUT2D eigenvalue weighted by molar-refractivity contribution is 0.239. The van der Waals surface area contributed by atoms with Crippen LogP contribution >= 0.6 is 0 Å². The minimum absolute atomic E-state index is 0.166. The van der Waals surface area contributed by atoms with Crippen LogP contribution in [0.15, 0.2) is 22.9 Å². The average Bonchev–Trinajstić information content (AvgIpc) is 2.89. The monoisotopic (exact) mass is 258 g/mol. The highest BCUT2D eigenvalue weighted by Gasteiger charge is 2.27. The lowest BCUT2D eigenvalue weighted by atomic mass is 9.93. The molecule has 1 saturated heterocycles. The number of pyridine rings is 1. The Morgan fingerprint density at radius 2 is 2.32 bits per heavy atom. The highest BCUT2D eigenvalue weighted by atomic mass is 16.5. The molecule has 100 valence electrons. The van der Waals surface area contributed by atoms with Gasteiger partial charge in [-0.05, 0) is 43.9 Å². The van der Waals surface area contributed by atoms with E-state index in [0.29, 0.717) is 17.6 Å². The first-order valence-corrected chi connectivity index (χ1v) is 6.74. The van der Waals surface area contributed by atoms with Crippen LogP contribution in [0.3, 0.4) is 0 Å². The molecule has 1 N–H and O–H groups in total. The van der Waals surface area contributed by atoms with Crippen LogP contribution in [0.25, 0.3) is 11.5 Å². The summed E-state index contributed by atoms with van der Waals surface area (Å²) in [4.78, 5) is 8.83. The first kappa shape index (κ1) is 12.3. The van der Waals surface area contributed by atoms with Crippen LogP contribution in [0.1, 0.15) is 37.3 Å². The van der Waals surface area contributed by atoms with Gasteiger partial charge in [0.25, 0.3) is 0 Å². The molecule has 5 nitrogen and oxygen atoms in total. The molecule has 2 atom stereocenters. The molecule has 0 amide bonds. The quantitative estimate of drug-likeness (QED) is 0.896. The van der Waals surface area contributed by atoms with Gasteiger partial charge in [-0.2, -0.15) is 4.98 Å². The van der Waals surface area contributed by atoms with E-state index in [9.17, 15) is 0 Å². The predicted molar refractivity (Wildman–Crippen MR) is 71.4 cm³/mol. The molecule has 1 aliphatic rings. The zero-order valence-corrected chi connectivity index (χ0v) is 11.3. The second kappa shape index (κ2) is 5.09. The number of hydrogen-bond acceptors (Lipinski definition) is 5. The number of rotatable bonds is 2. The molecule has 1 aliphatic heterocycles. The highest BCUT2D eigenvalue weighted by molar-refractivity contribution is 5.53. The normalized spacial score (nSPS) is 23.5. The van der Waals surface area contributed by atoms with Crippen molar-refractivity contribution in [3.05, 3.63) is 29.8 Å². The van der Waals surface area contributed by atoms with E-state index in [4.69, 9.17) is 4.52 Å². The number of nitrogens with one attached hydrogen (secondary N) is 1. The molecule has 2 aromatic rings. The van der Waals surface area contributed by atoms with Crippen LogP contribution in [0.2, 0.25) is 0 Å². The molecule has 1 fully saturated rings. The van der Waals surface area contributed by atoms with E-state index in [1.807, 2.05) is 19.1 Å². The predicted octanol–water partition coefficient (Wildman–Crippen LogP) is 2.50. The fourth-order valence-corrected chi connectivity index (χ4v) is 2.56. The van der Waals surface area contributed by atoms with Crippen molar-refractivity contribution in [2.45, 2.75) is 32.7 Å². The van der Waals surface area contributed by atoms with Gasteiger partial charge in [-0.1, -0.05) is 18.1 Å². The van der Waals surface area contributed by atoms with E-state index in [1.54, 1.807) is 6.20 Å². The summed E-state index contributed by atoms with van der Waals surface area (Å²) in [5.74, 6) is 1.77. The van der Waals surface area contributed by atoms with Crippen LogP contribution in [0.5, 0.6) is 0 Å². The Kier molecular flexibility index (Phi) is 3.29. The van der Waals surface area contributed by atoms with Crippen molar-refractivity contribution in [1.29, 1.82) is 0 Å². The summed E-state index contributed by atoms with van der Waals surface area (Å²) in [6.45, 7) is 5.22. The third kappa shape index (κ3) is 2.38. The average molecular weight is 258 g/mol. The van der Waals surface area contributed by atoms with Gasteiger partial charge in [0, 0.05) is 6.20 Å². The van der Waals surface area contributed by atoms with Crippen LogP contribution in [0, 0.1) is 12.8 Å².